The van der Waals surface area contributed by atoms with Gasteiger partial charge in [-0.3, -0.25) is 9.59 Å². The minimum atomic E-state index is -0.0380. The van der Waals surface area contributed by atoms with Crippen molar-refractivity contribution < 1.29 is 23.8 Å². The Labute approximate surface area is 161 Å². The molecule has 7 nitrogen and oxygen atoms in total. The first-order chi connectivity index (χ1) is 13.1. The molecule has 0 unspecified atom stereocenters. The van der Waals surface area contributed by atoms with Gasteiger partial charge in [0.1, 0.15) is 5.75 Å². The molecule has 1 N–H and O–H groups in total. The van der Waals surface area contributed by atoms with Crippen LogP contribution in [-0.2, 0) is 32.0 Å². The molecule has 0 aromatic heterocycles. The average molecular weight is 378 g/mol. The van der Waals surface area contributed by atoms with E-state index in [1.54, 1.807) is 12.0 Å². The maximum Gasteiger partial charge on any atom is 0.260 e. The lowest BCUT2D eigenvalue weighted by atomic mass is 10.1. The molecule has 0 bridgehead atoms. The van der Waals surface area contributed by atoms with Crippen molar-refractivity contribution in [2.45, 2.75) is 32.7 Å². The van der Waals surface area contributed by atoms with E-state index in [4.69, 9.17) is 14.2 Å². The summed E-state index contributed by atoms with van der Waals surface area (Å²) in [5.74, 6) is 0.612. The van der Waals surface area contributed by atoms with E-state index in [9.17, 15) is 9.59 Å². The van der Waals surface area contributed by atoms with E-state index in [0.717, 1.165) is 24.0 Å². The fourth-order valence-corrected chi connectivity index (χ4v) is 2.85. The van der Waals surface area contributed by atoms with Crippen LogP contribution in [0.25, 0.3) is 0 Å². The van der Waals surface area contributed by atoms with Crippen LogP contribution < -0.4 is 10.1 Å². The van der Waals surface area contributed by atoms with E-state index < -0.39 is 0 Å². The zero-order valence-corrected chi connectivity index (χ0v) is 16.3. The Bertz CT molecular complexity index is 614. The predicted molar refractivity (Wildman–Crippen MR) is 102 cm³/mol. The number of carbonyl (C=O) groups is 2. The summed E-state index contributed by atoms with van der Waals surface area (Å²) in [6, 6.07) is 5.89. The van der Waals surface area contributed by atoms with E-state index in [1.807, 2.05) is 19.1 Å². The molecule has 1 aliphatic heterocycles. The number of benzene rings is 1. The Hall–Kier alpha value is -2.12. The lowest BCUT2D eigenvalue weighted by Crippen LogP contribution is -2.43. The number of nitrogens with zero attached hydrogens (tertiary/aromatic N) is 1. The molecule has 1 saturated heterocycles. The summed E-state index contributed by atoms with van der Waals surface area (Å²) in [6.45, 7) is 5.30. The highest BCUT2D eigenvalue weighted by Gasteiger charge is 2.17. The molecular formula is C20H30N2O5. The Morgan fingerprint density at radius 1 is 1.19 bits per heavy atom. The smallest absolute Gasteiger partial charge is 0.260 e. The van der Waals surface area contributed by atoms with Crippen LogP contribution in [0.1, 0.15) is 30.9 Å². The number of rotatable bonds is 10. The average Bonchev–Trinajstić information content (AvgIpc) is 2.71. The minimum absolute atomic E-state index is 0.00227. The van der Waals surface area contributed by atoms with Gasteiger partial charge in [0, 0.05) is 39.8 Å². The van der Waals surface area contributed by atoms with Gasteiger partial charge < -0.3 is 24.4 Å². The topological polar surface area (TPSA) is 77.1 Å². The second-order valence-corrected chi connectivity index (χ2v) is 6.49. The van der Waals surface area contributed by atoms with Gasteiger partial charge in [0.15, 0.2) is 6.61 Å². The number of methoxy groups -OCH3 is 1. The van der Waals surface area contributed by atoms with Crippen LogP contribution in [0.15, 0.2) is 18.2 Å². The molecule has 27 heavy (non-hydrogen) atoms. The summed E-state index contributed by atoms with van der Waals surface area (Å²) in [4.78, 5) is 25.6. The van der Waals surface area contributed by atoms with Crippen LogP contribution in [0.5, 0.6) is 5.75 Å². The molecular weight excluding hydrogens is 348 g/mol. The van der Waals surface area contributed by atoms with Crippen molar-refractivity contribution in [1.82, 2.24) is 10.2 Å². The number of hydrogen-bond donors (Lipinski definition) is 1. The largest absolute Gasteiger partial charge is 0.484 e. The third kappa shape index (κ3) is 7.56. The number of morpholine rings is 1. The molecule has 0 spiro atoms. The maximum atomic E-state index is 12.3. The fourth-order valence-electron chi connectivity index (χ4n) is 2.85. The summed E-state index contributed by atoms with van der Waals surface area (Å²) in [6.07, 6.45) is 2.19. The Morgan fingerprint density at radius 2 is 1.93 bits per heavy atom. The molecule has 2 amide bonds. The van der Waals surface area contributed by atoms with Gasteiger partial charge in [-0.2, -0.15) is 0 Å². The molecule has 1 heterocycles. The first kappa shape index (κ1) is 21.2. The lowest BCUT2D eigenvalue weighted by Gasteiger charge is -2.26. The highest BCUT2D eigenvalue weighted by atomic mass is 16.5. The van der Waals surface area contributed by atoms with Crippen molar-refractivity contribution in [1.29, 1.82) is 0 Å². The second-order valence-electron chi connectivity index (χ2n) is 6.49. The fraction of sp³-hybridized carbons (Fsp3) is 0.600. The van der Waals surface area contributed by atoms with Crippen molar-refractivity contribution in [3.05, 3.63) is 29.3 Å². The number of ether oxygens (including phenoxy) is 3. The molecule has 2 rings (SSSR count). The molecule has 0 atom stereocenters. The third-order valence-corrected chi connectivity index (χ3v) is 4.38. The zero-order valence-electron chi connectivity index (χ0n) is 16.3. The number of nitrogens with one attached hydrogen (secondary N) is 1. The van der Waals surface area contributed by atoms with E-state index in [-0.39, 0.29) is 18.4 Å². The summed E-state index contributed by atoms with van der Waals surface area (Å²) < 4.78 is 16.1. The minimum Gasteiger partial charge on any atom is -0.484 e. The molecule has 0 radical (unpaired) electrons. The zero-order chi connectivity index (χ0) is 19.5. The van der Waals surface area contributed by atoms with Gasteiger partial charge in [0.25, 0.3) is 5.91 Å². The molecule has 1 aromatic rings. The second kappa shape index (κ2) is 11.6. The quantitative estimate of drug-likeness (QED) is 0.625. The molecule has 150 valence electrons. The number of amides is 2. The van der Waals surface area contributed by atoms with Gasteiger partial charge >= 0.3 is 0 Å². The van der Waals surface area contributed by atoms with Crippen molar-refractivity contribution in [3.63, 3.8) is 0 Å². The van der Waals surface area contributed by atoms with Gasteiger partial charge in [-0.25, -0.2) is 0 Å². The summed E-state index contributed by atoms with van der Waals surface area (Å²) in [5, 5.41) is 2.88. The third-order valence-electron chi connectivity index (χ3n) is 4.38. The van der Waals surface area contributed by atoms with Gasteiger partial charge in [0.2, 0.25) is 5.91 Å². The van der Waals surface area contributed by atoms with Crippen LogP contribution in [0, 0.1) is 0 Å². The first-order valence-electron chi connectivity index (χ1n) is 9.49. The van der Waals surface area contributed by atoms with Crippen molar-refractivity contribution >= 4 is 11.8 Å². The van der Waals surface area contributed by atoms with Crippen LogP contribution >= 0.6 is 0 Å². The van der Waals surface area contributed by atoms with Crippen molar-refractivity contribution in [3.8, 4) is 5.75 Å². The van der Waals surface area contributed by atoms with E-state index in [0.29, 0.717) is 51.6 Å². The maximum absolute atomic E-state index is 12.3. The molecule has 1 aliphatic rings. The monoisotopic (exact) mass is 378 g/mol. The molecule has 1 fully saturated rings. The van der Waals surface area contributed by atoms with E-state index in [1.165, 1.54) is 0 Å². The Kier molecular flexibility index (Phi) is 9.07. The highest BCUT2D eigenvalue weighted by molar-refractivity contribution is 5.78. The van der Waals surface area contributed by atoms with Gasteiger partial charge in [0.05, 0.1) is 13.2 Å². The Balaban J connectivity index is 1.99. The normalized spacial score (nSPS) is 14.1. The van der Waals surface area contributed by atoms with Gasteiger partial charge in [-0.05, 0) is 36.1 Å². The van der Waals surface area contributed by atoms with Gasteiger partial charge in [-0.1, -0.05) is 13.0 Å². The summed E-state index contributed by atoms with van der Waals surface area (Å²) in [5.41, 5.74) is 2.06. The van der Waals surface area contributed by atoms with Crippen molar-refractivity contribution in [2.24, 2.45) is 0 Å². The molecule has 0 aliphatic carbocycles. The Morgan fingerprint density at radius 3 is 2.63 bits per heavy atom. The van der Waals surface area contributed by atoms with Crippen LogP contribution in [0.3, 0.4) is 0 Å². The highest BCUT2D eigenvalue weighted by Crippen LogP contribution is 2.19. The number of aryl methyl sites for hydroxylation is 1. The molecule has 0 saturated carbocycles. The van der Waals surface area contributed by atoms with Gasteiger partial charge in [-0.15, -0.1) is 0 Å². The predicted octanol–water partition coefficient (Wildman–Crippen LogP) is 1.53. The number of hydrogen-bond acceptors (Lipinski definition) is 5. The summed E-state index contributed by atoms with van der Waals surface area (Å²) in [7, 11) is 1.68. The lowest BCUT2D eigenvalue weighted by molar-refractivity contribution is -0.137. The number of carbonyl (C=O) groups excluding carboxylic acids is 2. The first-order valence-corrected chi connectivity index (χ1v) is 9.49. The molecule has 7 heteroatoms. The van der Waals surface area contributed by atoms with Crippen LogP contribution in [-0.4, -0.2) is 63.3 Å². The van der Waals surface area contributed by atoms with E-state index in [2.05, 4.69) is 11.4 Å². The molecule has 1 aromatic carbocycles. The standard InChI is InChI=1S/C20H30N2O5/c1-3-19(23)21-14-17-11-16(5-4-8-25-2)12-18(13-17)27-15-20(24)22-6-9-26-10-7-22/h11-13H,3-10,14-15H2,1-2H3,(H,21,23). The summed E-state index contributed by atoms with van der Waals surface area (Å²) >= 11 is 0. The SMILES string of the molecule is CCC(=O)NCc1cc(CCCOC)cc(OCC(=O)N2CCOCC2)c1. The van der Waals surface area contributed by atoms with E-state index >= 15 is 0 Å². The van der Waals surface area contributed by atoms with Crippen molar-refractivity contribution in [2.75, 3.05) is 46.6 Å². The van der Waals surface area contributed by atoms with Crippen LogP contribution in [0.4, 0.5) is 0 Å². The van der Waals surface area contributed by atoms with Crippen LogP contribution in [0.2, 0.25) is 0 Å².